The normalized spacial score (nSPS) is 32.3. The van der Waals surface area contributed by atoms with E-state index in [9.17, 15) is 9.59 Å². The minimum atomic E-state index is -0.403. The zero-order valence-corrected chi connectivity index (χ0v) is 13.8. The van der Waals surface area contributed by atoms with Gasteiger partial charge in [0.05, 0.1) is 0 Å². The lowest BCUT2D eigenvalue weighted by Gasteiger charge is -2.37. The topological polar surface area (TPSA) is 52.7 Å². The number of hydrogen-bond donors (Lipinski definition) is 1. The summed E-state index contributed by atoms with van der Waals surface area (Å²) in [6, 6.07) is 0.243. The molecule has 0 spiro atoms. The first-order valence-electron chi connectivity index (χ1n) is 8.25. The summed E-state index contributed by atoms with van der Waals surface area (Å²) in [6.45, 7) is 7.62. The Morgan fingerprint density at radius 3 is 2.76 bits per heavy atom. The maximum atomic E-state index is 12.9. The fourth-order valence-corrected chi connectivity index (χ4v) is 3.39. The lowest BCUT2D eigenvalue weighted by atomic mass is 10.1. The molecule has 2 amide bonds. The second-order valence-electron chi connectivity index (χ2n) is 6.75. The van der Waals surface area contributed by atoms with E-state index in [0.29, 0.717) is 18.6 Å². The highest BCUT2D eigenvalue weighted by Gasteiger charge is 2.39. The van der Waals surface area contributed by atoms with Gasteiger partial charge in [-0.25, -0.2) is 0 Å². The van der Waals surface area contributed by atoms with E-state index >= 15 is 0 Å². The molecule has 4 atom stereocenters. The number of hydrogen-bond acceptors (Lipinski definition) is 3. The first-order valence-corrected chi connectivity index (χ1v) is 8.25. The molecule has 2 rings (SSSR count). The number of nitrogens with zero attached hydrogens (tertiary/aromatic N) is 2. The molecular formula is C16H29N3O2. The van der Waals surface area contributed by atoms with Crippen molar-refractivity contribution in [1.82, 2.24) is 15.1 Å². The Kier molecular flexibility index (Phi) is 5.25. The van der Waals surface area contributed by atoms with E-state index in [4.69, 9.17) is 0 Å². The van der Waals surface area contributed by atoms with Crippen molar-refractivity contribution in [1.29, 1.82) is 0 Å². The molecule has 120 valence electrons. The summed E-state index contributed by atoms with van der Waals surface area (Å²) in [7, 11) is 2.03. The van der Waals surface area contributed by atoms with Gasteiger partial charge in [-0.15, -0.1) is 0 Å². The zero-order chi connectivity index (χ0) is 15.6. The van der Waals surface area contributed by atoms with Gasteiger partial charge >= 0.3 is 0 Å². The molecule has 0 saturated carbocycles. The van der Waals surface area contributed by atoms with Gasteiger partial charge in [0.2, 0.25) is 11.8 Å². The number of rotatable bonds is 3. The minimum absolute atomic E-state index is 0.00627. The highest BCUT2D eigenvalue weighted by atomic mass is 16.2. The molecule has 1 N–H and O–H groups in total. The highest BCUT2D eigenvalue weighted by molar-refractivity contribution is 5.89. The van der Waals surface area contributed by atoms with Gasteiger partial charge < -0.3 is 15.1 Å². The minimum Gasteiger partial charge on any atom is -0.343 e. The molecule has 2 aliphatic heterocycles. The van der Waals surface area contributed by atoms with Crippen molar-refractivity contribution in [2.24, 2.45) is 5.92 Å². The van der Waals surface area contributed by atoms with Crippen LogP contribution in [0.25, 0.3) is 0 Å². The second kappa shape index (κ2) is 6.77. The van der Waals surface area contributed by atoms with Gasteiger partial charge in [0.25, 0.3) is 0 Å². The standard InChI is InChI=1S/C16H29N3O2/c1-5-11(2)15(20)17-14-10-18(4)9-8-13-7-6-12(3)19(13)16(14)21/h11-14H,5-10H2,1-4H3,(H,17,20)/t11-,12-,13-,14+/m1/s1. The molecule has 0 aromatic rings. The maximum Gasteiger partial charge on any atom is 0.246 e. The van der Waals surface area contributed by atoms with Crippen molar-refractivity contribution in [3.63, 3.8) is 0 Å². The van der Waals surface area contributed by atoms with E-state index in [1.165, 1.54) is 0 Å². The molecule has 0 unspecified atom stereocenters. The van der Waals surface area contributed by atoms with Gasteiger partial charge in [-0.2, -0.15) is 0 Å². The summed E-state index contributed by atoms with van der Waals surface area (Å²) < 4.78 is 0. The number of amides is 2. The average Bonchev–Trinajstić information content (AvgIpc) is 2.82. The number of carbonyl (C=O) groups excluding carboxylic acids is 2. The van der Waals surface area contributed by atoms with Gasteiger partial charge in [-0.05, 0) is 46.2 Å². The van der Waals surface area contributed by atoms with Crippen molar-refractivity contribution < 1.29 is 9.59 Å². The van der Waals surface area contributed by atoms with E-state index in [1.807, 2.05) is 25.8 Å². The van der Waals surface area contributed by atoms with Crippen LogP contribution in [-0.4, -0.2) is 59.9 Å². The van der Waals surface area contributed by atoms with Gasteiger partial charge in [0.1, 0.15) is 6.04 Å². The Balaban J connectivity index is 2.13. The molecule has 0 bridgehead atoms. The predicted octanol–water partition coefficient (Wildman–Crippen LogP) is 1.23. The van der Waals surface area contributed by atoms with E-state index in [0.717, 1.165) is 32.2 Å². The predicted molar refractivity (Wildman–Crippen MR) is 82.8 cm³/mol. The van der Waals surface area contributed by atoms with Crippen molar-refractivity contribution in [2.75, 3.05) is 20.1 Å². The van der Waals surface area contributed by atoms with Crippen molar-refractivity contribution in [3.05, 3.63) is 0 Å². The molecule has 0 radical (unpaired) electrons. The molecule has 5 heteroatoms. The molecule has 0 aromatic heterocycles. The van der Waals surface area contributed by atoms with Crippen LogP contribution in [0.2, 0.25) is 0 Å². The SMILES string of the molecule is CC[C@@H](C)C(=O)N[C@H]1CN(C)CC[C@H]2CC[C@@H](C)N2C1=O. The van der Waals surface area contributed by atoms with Crippen LogP contribution in [-0.2, 0) is 9.59 Å². The first kappa shape index (κ1) is 16.3. The molecule has 2 fully saturated rings. The quantitative estimate of drug-likeness (QED) is 0.852. The Morgan fingerprint density at radius 2 is 2.10 bits per heavy atom. The summed E-state index contributed by atoms with van der Waals surface area (Å²) in [5.41, 5.74) is 0. The number of fused-ring (bicyclic) bond motifs is 1. The van der Waals surface area contributed by atoms with Crippen LogP contribution in [0.4, 0.5) is 0 Å². The van der Waals surface area contributed by atoms with E-state index in [2.05, 4.69) is 17.1 Å². The largest absolute Gasteiger partial charge is 0.343 e. The molecule has 2 aliphatic rings. The third-order valence-electron chi connectivity index (χ3n) is 5.05. The van der Waals surface area contributed by atoms with Crippen LogP contribution in [0.1, 0.15) is 46.5 Å². The average molecular weight is 295 g/mol. The lowest BCUT2D eigenvalue weighted by Crippen LogP contribution is -2.58. The molecule has 0 aromatic carbocycles. The van der Waals surface area contributed by atoms with Crippen LogP contribution in [0.15, 0.2) is 0 Å². The molecular weight excluding hydrogens is 266 g/mol. The Hall–Kier alpha value is -1.10. The van der Waals surface area contributed by atoms with Gasteiger partial charge in [-0.3, -0.25) is 9.59 Å². The monoisotopic (exact) mass is 295 g/mol. The summed E-state index contributed by atoms with van der Waals surface area (Å²) >= 11 is 0. The van der Waals surface area contributed by atoms with E-state index in [1.54, 1.807) is 0 Å². The van der Waals surface area contributed by atoms with Crippen LogP contribution >= 0.6 is 0 Å². The maximum absolute atomic E-state index is 12.9. The fourth-order valence-electron chi connectivity index (χ4n) is 3.39. The number of carbonyl (C=O) groups is 2. The molecule has 2 heterocycles. The molecule has 0 aliphatic carbocycles. The van der Waals surface area contributed by atoms with Gasteiger partial charge in [-0.1, -0.05) is 13.8 Å². The second-order valence-corrected chi connectivity index (χ2v) is 6.75. The molecule has 5 nitrogen and oxygen atoms in total. The fraction of sp³-hybridized carbons (Fsp3) is 0.875. The molecule has 2 saturated heterocycles. The molecule has 21 heavy (non-hydrogen) atoms. The smallest absolute Gasteiger partial charge is 0.246 e. The van der Waals surface area contributed by atoms with E-state index < -0.39 is 6.04 Å². The summed E-state index contributed by atoms with van der Waals surface area (Å²) in [6.07, 6.45) is 4.00. The summed E-state index contributed by atoms with van der Waals surface area (Å²) in [4.78, 5) is 29.2. The third-order valence-corrected chi connectivity index (χ3v) is 5.05. The third kappa shape index (κ3) is 3.57. The van der Waals surface area contributed by atoms with E-state index in [-0.39, 0.29) is 17.7 Å². The summed E-state index contributed by atoms with van der Waals surface area (Å²) in [5.74, 6) is 0.0572. The zero-order valence-electron chi connectivity index (χ0n) is 13.8. The van der Waals surface area contributed by atoms with Crippen molar-refractivity contribution in [3.8, 4) is 0 Å². The Labute approximate surface area is 128 Å². The van der Waals surface area contributed by atoms with Gasteiger partial charge in [0.15, 0.2) is 0 Å². The Morgan fingerprint density at radius 1 is 1.38 bits per heavy atom. The number of nitrogens with one attached hydrogen (secondary N) is 1. The number of likely N-dealkylation sites (N-methyl/N-ethyl adjacent to an activating group) is 1. The Bertz CT molecular complexity index is 399. The van der Waals surface area contributed by atoms with Crippen LogP contribution in [0.3, 0.4) is 0 Å². The lowest BCUT2D eigenvalue weighted by molar-refractivity contribution is -0.141. The first-order chi connectivity index (χ1) is 9.93. The highest BCUT2D eigenvalue weighted by Crippen LogP contribution is 2.28. The summed E-state index contributed by atoms with van der Waals surface area (Å²) in [5, 5.41) is 2.98. The van der Waals surface area contributed by atoms with Crippen LogP contribution < -0.4 is 5.32 Å². The van der Waals surface area contributed by atoms with Crippen LogP contribution in [0, 0.1) is 5.92 Å². The van der Waals surface area contributed by atoms with Gasteiger partial charge in [0, 0.05) is 24.5 Å². The van der Waals surface area contributed by atoms with Crippen LogP contribution in [0.5, 0.6) is 0 Å². The van der Waals surface area contributed by atoms with Crippen molar-refractivity contribution >= 4 is 11.8 Å². The van der Waals surface area contributed by atoms with Crippen molar-refractivity contribution in [2.45, 2.75) is 64.6 Å².